The quantitative estimate of drug-likeness (QED) is 0.428. The summed E-state index contributed by atoms with van der Waals surface area (Å²) >= 11 is 0. The van der Waals surface area contributed by atoms with Crippen molar-refractivity contribution in [2.24, 2.45) is 0 Å². The molecule has 0 saturated carbocycles. The number of benzene rings is 2. The van der Waals surface area contributed by atoms with Gasteiger partial charge in [-0.25, -0.2) is 4.39 Å². The van der Waals surface area contributed by atoms with E-state index < -0.39 is 30.0 Å². The number of carbonyl (C=O) groups excluding carboxylic acids is 1. The van der Waals surface area contributed by atoms with Crippen molar-refractivity contribution in [1.82, 2.24) is 20.2 Å². The number of ether oxygens (including phenoxy) is 2. The van der Waals surface area contributed by atoms with Gasteiger partial charge in [0.1, 0.15) is 24.7 Å². The number of halogens is 4. The molecule has 0 spiro atoms. The van der Waals surface area contributed by atoms with Crippen molar-refractivity contribution in [2.45, 2.75) is 12.7 Å². The molecule has 0 radical (unpaired) electrons. The summed E-state index contributed by atoms with van der Waals surface area (Å²) in [5.41, 5.74) is -0.756. The van der Waals surface area contributed by atoms with Gasteiger partial charge in [-0.3, -0.25) is 4.79 Å². The van der Waals surface area contributed by atoms with Crippen LogP contribution in [0, 0.1) is 5.82 Å². The topological polar surface area (TPSA) is 91.2 Å². The number of hydrogen-bond donors (Lipinski definition) is 1. The van der Waals surface area contributed by atoms with Crippen molar-refractivity contribution in [3.8, 4) is 17.1 Å². The van der Waals surface area contributed by atoms with Gasteiger partial charge >= 0.3 is 6.18 Å². The number of rotatable bonds is 8. The van der Waals surface area contributed by atoms with Gasteiger partial charge in [0.25, 0.3) is 0 Å². The predicted octanol–water partition coefficient (Wildman–Crippen LogP) is 3.16. The predicted molar refractivity (Wildman–Crippen MR) is 101 cm³/mol. The standard InChI is InChI=1S/C19H17F4N5O3/c1-30-7-8-31-16-6-5-13(19(21,22)23)10-15(16)24-17(29)11-28-26-18(25-27-28)12-3-2-4-14(20)9-12/h2-6,9-10H,7-8,11H2,1H3,(H,24,29). The summed E-state index contributed by atoms with van der Waals surface area (Å²) < 4.78 is 62.7. The third-order valence-electron chi connectivity index (χ3n) is 3.95. The highest BCUT2D eigenvalue weighted by molar-refractivity contribution is 5.92. The molecule has 0 bridgehead atoms. The SMILES string of the molecule is COCCOc1ccc(C(F)(F)F)cc1NC(=O)Cn1nnc(-c2cccc(F)c2)n1. The van der Waals surface area contributed by atoms with Crippen LogP contribution in [0.1, 0.15) is 5.56 Å². The highest BCUT2D eigenvalue weighted by atomic mass is 19.4. The molecule has 164 valence electrons. The number of hydrogen-bond acceptors (Lipinski definition) is 6. The summed E-state index contributed by atoms with van der Waals surface area (Å²) in [5.74, 6) is -1.06. The van der Waals surface area contributed by atoms with Crippen molar-refractivity contribution in [3.05, 3.63) is 53.8 Å². The number of anilines is 1. The van der Waals surface area contributed by atoms with Crippen LogP contribution in [0.2, 0.25) is 0 Å². The Morgan fingerprint density at radius 1 is 1.16 bits per heavy atom. The molecular formula is C19H17F4N5O3. The fourth-order valence-corrected chi connectivity index (χ4v) is 2.54. The molecular weight excluding hydrogens is 422 g/mol. The lowest BCUT2D eigenvalue weighted by Gasteiger charge is -2.15. The first-order chi connectivity index (χ1) is 14.8. The van der Waals surface area contributed by atoms with E-state index in [1.165, 1.54) is 25.3 Å². The van der Waals surface area contributed by atoms with Crippen LogP contribution in [-0.4, -0.2) is 46.4 Å². The highest BCUT2D eigenvalue weighted by Crippen LogP contribution is 2.35. The smallest absolute Gasteiger partial charge is 0.416 e. The Morgan fingerprint density at radius 3 is 2.68 bits per heavy atom. The maximum absolute atomic E-state index is 13.3. The molecule has 0 aliphatic carbocycles. The fraction of sp³-hybridized carbons (Fsp3) is 0.263. The van der Waals surface area contributed by atoms with Crippen LogP contribution in [0.25, 0.3) is 11.4 Å². The zero-order valence-electron chi connectivity index (χ0n) is 16.2. The molecule has 0 fully saturated rings. The Kier molecular flexibility index (Phi) is 6.80. The molecule has 12 heteroatoms. The van der Waals surface area contributed by atoms with E-state index in [4.69, 9.17) is 9.47 Å². The maximum Gasteiger partial charge on any atom is 0.416 e. The minimum Gasteiger partial charge on any atom is -0.489 e. The monoisotopic (exact) mass is 439 g/mol. The minimum absolute atomic E-state index is 0.0467. The summed E-state index contributed by atoms with van der Waals surface area (Å²) in [6, 6.07) is 8.23. The van der Waals surface area contributed by atoms with Crippen molar-refractivity contribution in [2.75, 3.05) is 25.6 Å². The first-order valence-electron chi connectivity index (χ1n) is 8.93. The Balaban J connectivity index is 1.74. The second kappa shape index (κ2) is 9.51. The van der Waals surface area contributed by atoms with Gasteiger partial charge in [0, 0.05) is 12.7 Å². The van der Waals surface area contributed by atoms with E-state index >= 15 is 0 Å². The van der Waals surface area contributed by atoms with E-state index in [-0.39, 0.29) is 30.5 Å². The van der Waals surface area contributed by atoms with Gasteiger partial charge in [-0.1, -0.05) is 12.1 Å². The average Bonchev–Trinajstić information content (AvgIpc) is 3.17. The maximum atomic E-state index is 13.3. The molecule has 1 N–H and O–H groups in total. The lowest BCUT2D eigenvalue weighted by molar-refractivity contribution is -0.137. The molecule has 1 amide bonds. The van der Waals surface area contributed by atoms with Gasteiger partial charge in [-0.2, -0.15) is 18.0 Å². The normalized spacial score (nSPS) is 11.4. The number of methoxy groups -OCH3 is 1. The van der Waals surface area contributed by atoms with Crippen molar-refractivity contribution < 1.29 is 31.8 Å². The molecule has 1 heterocycles. The van der Waals surface area contributed by atoms with Crippen LogP contribution in [0.4, 0.5) is 23.2 Å². The Hall–Kier alpha value is -3.54. The molecule has 2 aromatic carbocycles. The van der Waals surface area contributed by atoms with E-state index in [2.05, 4.69) is 20.7 Å². The zero-order valence-corrected chi connectivity index (χ0v) is 16.2. The van der Waals surface area contributed by atoms with Gasteiger partial charge in [0.15, 0.2) is 0 Å². The second-order valence-corrected chi connectivity index (χ2v) is 6.25. The van der Waals surface area contributed by atoms with Crippen LogP contribution < -0.4 is 10.1 Å². The first-order valence-corrected chi connectivity index (χ1v) is 8.93. The summed E-state index contributed by atoms with van der Waals surface area (Å²) in [6.45, 7) is -0.150. The molecule has 31 heavy (non-hydrogen) atoms. The molecule has 3 rings (SSSR count). The first kappa shape index (κ1) is 22.2. The number of nitrogens with zero attached hydrogens (tertiary/aromatic N) is 4. The van der Waals surface area contributed by atoms with E-state index in [1.54, 1.807) is 6.07 Å². The van der Waals surface area contributed by atoms with E-state index in [9.17, 15) is 22.4 Å². The average molecular weight is 439 g/mol. The molecule has 0 unspecified atom stereocenters. The summed E-state index contributed by atoms with van der Waals surface area (Å²) in [4.78, 5) is 13.3. The van der Waals surface area contributed by atoms with E-state index in [0.717, 1.165) is 23.0 Å². The van der Waals surface area contributed by atoms with Crippen LogP contribution in [-0.2, 0) is 22.3 Å². The van der Waals surface area contributed by atoms with Gasteiger partial charge in [0.05, 0.1) is 17.9 Å². The second-order valence-electron chi connectivity index (χ2n) is 6.25. The van der Waals surface area contributed by atoms with E-state index in [0.29, 0.717) is 5.56 Å². The molecule has 0 atom stereocenters. The Labute approximate surface area is 173 Å². The van der Waals surface area contributed by atoms with Gasteiger partial charge in [-0.15, -0.1) is 10.2 Å². The van der Waals surface area contributed by atoms with Gasteiger partial charge in [0.2, 0.25) is 11.7 Å². The lowest BCUT2D eigenvalue weighted by atomic mass is 10.1. The Morgan fingerprint density at radius 2 is 1.97 bits per heavy atom. The third-order valence-corrected chi connectivity index (χ3v) is 3.95. The molecule has 0 aliphatic rings. The molecule has 3 aromatic rings. The largest absolute Gasteiger partial charge is 0.489 e. The van der Waals surface area contributed by atoms with E-state index in [1.807, 2.05) is 0 Å². The van der Waals surface area contributed by atoms with Crippen molar-refractivity contribution in [3.63, 3.8) is 0 Å². The number of tetrazole rings is 1. The van der Waals surface area contributed by atoms with Gasteiger partial charge < -0.3 is 14.8 Å². The third kappa shape index (κ3) is 5.98. The number of aromatic nitrogens is 4. The fourth-order valence-electron chi connectivity index (χ4n) is 2.54. The van der Waals surface area contributed by atoms with Crippen LogP contribution in [0.5, 0.6) is 5.75 Å². The summed E-state index contributed by atoms with van der Waals surface area (Å²) in [5, 5.41) is 13.8. The minimum atomic E-state index is -4.60. The molecule has 0 aliphatic heterocycles. The number of amides is 1. The highest BCUT2D eigenvalue weighted by Gasteiger charge is 2.31. The number of alkyl halides is 3. The molecule has 1 aromatic heterocycles. The van der Waals surface area contributed by atoms with Crippen LogP contribution >= 0.6 is 0 Å². The molecule has 0 saturated heterocycles. The van der Waals surface area contributed by atoms with Crippen LogP contribution in [0.15, 0.2) is 42.5 Å². The van der Waals surface area contributed by atoms with Crippen molar-refractivity contribution >= 4 is 11.6 Å². The zero-order chi connectivity index (χ0) is 22.4. The lowest BCUT2D eigenvalue weighted by Crippen LogP contribution is -2.21. The van der Waals surface area contributed by atoms with Gasteiger partial charge in [-0.05, 0) is 35.5 Å². The van der Waals surface area contributed by atoms with Crippen molar-refractivity contribution in [1.29, 1.82) is 0 Å². The summed E-state index contributed by atoms with van der Waals surface area (Å²) in [6.07, 6.45) is -4.60. The Bertz CT molecular complexity index is 1060. The number of nitrogens with one attached hydrogen (secondary N) is 1. The van der Waals surface area contributed by atoms with Crippen LogP contribution in [0.3, 0.4) is 0 Å². The number of carbonyl (C=O) groups is 1. The molecule has 8 nitrogen and oxygen atoms in total. The summed E-state index contributed by atoms with van der Waals surface area (Å²) in [7, 11) is 1.45.